The molecular formula is C21H19N5O4S. The zero-order valence-corrected chi connectivity index (χ0v) is 17.1. The lowest BCUT2D eigenvalue weighted by Crippen LogP contribution is -2.39. The van der Waals surface area contributed by atoms with E-state index in [1.165, 1.54) is 6.39 Å². The van der Waals surface area contributed by atoms with Crippen LogP contribution in [0.5, 0.6) is 5.75 Å². The number of nitrogens with zero attached hydrogens (tertiary/aromatic N) is 2. The van der Waals surface area contributed by atoms with Crippen molar-refractivity contribution in [3.8, 4) is 5.75 Å². The molecule has 3 heterocycles. The van der Waals surface area contributed by atoms with Crippen LogP contribution < -0.4 is 20.2 Å². The smallest absolute Gasteiger partial charge is 0.322 e. The van der Waals surface area contributed by atoms with Crippen molar-refractivity contribution >= 4 is 28.3 Å². The molecule has 5 rings (SSSR count). The summed E-state index contributed by atoms with van der Waals surface area (Å²) < 4.78 is 11.1. The van der Waals surface area contributed by atoms with Crippen LogP contribution in [-0.4, -0.2) is 40.2 Å². The third kappa shape index (κ3) is 4.21. The molecule has 9 nitrogen and oxygen atoms in total. The van der Waals surface area contributed by atoms with Gasteiger partial charge in [-0.15, -0.1) is 0 Å². The molecule has 1 saturated heterocycles. The molecule has 0 aliphatic carbocycles. The van der Waals surface area contributed by atoms with Crippen LogP contribution in [0.1, 0.15) is 26.8 Å². The summed E-state index contributed by atoms with van der Waals surface area (Å²) >= 11 is 1.08. The number of hydrogen-bond acceptors (Lipinski definition) is 8. The number of benzene rings is 2. The third-order valence-corrected chi connectivity index (χ3v) is 6.10. The highest BCUT2D eigenvalue weighted by Crippen LogP contribution is 2.23. The van der Waals surface area contributed by atoms with E-state index in [-0.39, 0.29) is 22.7 Å². The Morgan fingerprint density at radius 1 is 1.23 bits per heavy atom. The van der Waals surface area contributed by atoms with Gasteiger partial charge in [-0.3, -0.25) is 9.59 Å². The molecule has 2 unspecified atom stereocenters. The second-order valence-corrected chi connectivity index (χ2v) is 8.26. The molecule has 3 N–H and O–H groups in total. The van der Waals surface area contributed by atoms with E-state index in [0.29, 0.717) is 36.0 Å². The van der Waals surface area contributed by atoms with E-state index in [2.05, 4.69) is 25.8 Å². The maximum absolute atomic E-state index is 12.7. The molecule has 10 heteroatoms. The molecule has 0 spiro atoms. The van der Waals surface area contributed by atoms with Crippen molar-refractivity contribution in [2.24, 2.45) is 0 Å². The first-order valence-corrected chi connectivity index (χ1v) is 10.6. The molecule has 158 valence electrons. The molecule has 1 fully saturated rings. The Hall–Kier alpha value is -3.50. The average Bonchev–Trinajstić information content (AvgIpc) is 3.53. The van der Waals surface area contributed by atoms with Crippen LogP contribution in [0.4, 0.5) is 0 Å². The summed E-state index contributed by atoms with van der Waals surface area (Å²) in [6, 6.07) is 12.6. The van der Waals surface area contributed by atoms with Crippen molar-refractivity contribution in [1.82, 2.24) is 25.8 Å². The summed E-state index contributed by atoms with van der Waals surface area (Å²) in [5.74, 6) is 0.456. The number of H-pyrrole nitrogens is 1. The molecule has 2 aromatic heterocycles. The Morgan fingerprint density at radius 2 is 2.10 bits per heavy atom. The molecule has 2 atom stereocenters. The second-order valence-electron chi connectivity index (χ2n) is 7.26. The van der Waals surface area contributed by atoms with Crippen LogP contribution >= 0.6 is 11.3 Å². The number of carbonyl (C=O) groups excluding carboxylic acids is 1. The van der Waals surface area contributed by atoms with E-state index in [0.717, 1.165) is 28.0 Å². The largest absolute Gasteiger partial charge is 0.489 e. The fourth-order valence-corrected chi connectivity index (χ4v) is 4.37. The topological polar surface area (TPSA) is 122 Å². The Bertz CT molecular complexity index is 1260. The minimum atomic E-state index is -0.191. The predicted molar refractivity (Wildman–Crippen MR) is 114 cm³/mol. The summed E-state index contributed by atoms with van der Waals surface area (Å²) in [5, 5.41) is 13.5. The minimum absolute atomic E-state index is 0.0304. The first-order valence-electron chi connectivity index (χ1n) is 9.78. The van der Waals surface area contributed by atoms with Gasteiger partial charge in [0.25, 0.3) is 5.91 Å². The maximum atomic E-state index is 12.7. The van der Waals surface area contributed by atoms with Crippen LogP contribution in [-0.2, 0) is 6.61 Å². The van der Waals surface area contributed by atoms with Crippen LogP contribution in [0.25, 0.3) is 11.1 Å². The number of oxazole rings is 1. The Morgan fingerprint density at radius 3 is 2.90 bits per heavy atom. The number of aromatic amines is 1. The number of aromatic nitrogens is 3. The van der Waals surface area contributed by atoms with Gasteiger partial charge in [0, 0.05) is 24.6 Å². The highest BCUT2D eigenvalue weighted by atomic mass is 32.1. The predicted octanol–water partition coefficient (Wildman–Crippen LogP) is 2.04. The fraction of sp³-hybridized carbons (Fsp3) is 0.238. The number of amides is 1. The van der Waals surface area contributed by atoms with Crippen LogP contribution in [0.2, 0.25) is 0 Å². The highest BCUT2D eigenvalue weighted by molar-refractivity contribution is 7.08. The van der Waals surface area contributed by atoms with Crippen molar-refractivity contribution in [3.05, 3.63) is 74.7 Å². The number of fused-ring (bicyclic) bond motifs is 1. The lowest BCUT2D eigenvalue weighted by atomic mass is 10.0. The molecule has 4 aromatic rings. The molecular weight excluding hydrogens is 418 g/mol. The molecule has 1 aliphatic heterocycles. The number of hydrogen-bond donors (Lipinski definition) is 3. The van der Waals surface area contributed by atoms with Crippen LogP contribution in [0.3, 0.4) is 0 Å². The first kappa shape index (κ1) is 19.5. The van der Waals surface area contributed by atoms with Crippen molar-refractivity contribution < 1.29 is 13.9 Å². The van der Waals surface area contributed by atoms with E-state index in [9.17, 15) is 9.59 Å². The number of rotatable bonds is 6. The van der Waals surface area contributed by atoms with Crippen molar-refractivity contribution in [2.75, 3.05) is 13.1 Å². The van der Waals surface area contributed by atoms with Crippen molar-refractivity contribution in [1.29, 1.82) is 0 Å². The second kappa shape index (κ2) is 8.32. The summed E-state index contributed by atoms with van der Waals surface area (Å²) in [6.45, 7) is 1.67. The van der Waals surface area contributed by atoms with E-state index in [1.807, 2.05) is 18.2 Å². The summed E-state index contributed by atoms with van der Waals surface area (Å²) in [6.07, 6.45) is 1.42. The van der Waals surface area contributed by atoms with Gasteiger partial charge in [-0.1, -0.05) is 17.4 Å². The van der Waals surface area contributed by atoms with Gasteiger partial charge in [-0.05, 0) is 42.0 Å². The molecule has 1 amide bonds. The Balaban J connectivity index is 1.20. The highest BCUT2D eigenvalue weighted by Gasteiger charge is 2.32. The van der Waals surface area contributed by atoms with Crippen molar-refractivity contribution in [3.63, 3.8) is 0 Å². The zero-order valence-electron chi connectivity index (χ0n) is 16.3. The van der Waals surface area contributed by atoms with Gasteiger partial charge in [0.2, 0.25) is 0 Å². The number of ether oxygens (including phenoxy) is 1. The normalized spacial score (nSPS) is 18.3. The van der Waals surface area contributed by atoms with Gasteiger partial charge < -0.3 is 19.8 Å². The van der Waals surface area contributed by atoms with E-state index >= 15 is 0 Å². The quantitative estimate of drug-likeness (QED) is 0.422. The molecule has 0 saturated carbocycles. The molecule has 2 aromatic carbocycles. The molecule has 0 radical (unpaired) electrons. The van der Waals surface area contributed by atoms with Crippen LogP contribution in [0, 0.1) is 0 Å². The van der Waals surface area contributed by atoms with E-state index in [1.54, 1.807) is 24.3 Å². The van der Waals surface area contributed by atoms with Gasteiger partial charge in [0.15, 0.2) is 12.0 Å². The number of nitrogens with one attached hydrogen (secondary N) is 3. The fourth-order valence-electron chi connectivity index (χ4n) is 3.60. The summed E-state index contributed by atoms with van der Waals surface area (Å²) in [4.78, 5) is 28.0. The summed E-state index contributed by atoms with van der Waals surface area (Å²) in [7, 11) is 0. The third-order valence-electron chi connectivity index (χ3n) is 5.22. The average molecular weight is 437 g/mol. The molecule has 31 heavy (non-hydrogen) atoms. The van der Waals surface area contributed by atoms with Gasteiger partial charge >= 0.3 is 4.87 Å². The standard InChI is InChI=1S/C21H19N5O4S/c27-19(24-17-9-22-8-15(17)20-25-26-21(28)31-20)13-2-4-14(5-3-13)29-10-12-1-6-16-18(7-12)30-11-23-16/h1-7,11,15,17,22H,8-10H2,(H,24,27)(H,26,28). The maximum Gasteiger partial charge on any atom is 0.322 e. The lowest BCUT2D eigenvalue weighted by molar-refractivity contribution is 0.0937. The first-order chi connectivity index (χ1) is 15.2. The lowest BCUT2D eigenvalue weighted by Gasteiger charge is -2.18. The monoisotopic (exact) mass is 437 g/mol. The van der Waals surface area contributed by atoms with Crippen LogP contribution in [0.15, 0.2) is 58.1 Å². The molecule has 0 bridgehead atoms. The Kier molecular flexibility index (Phi) is 5.23. The number of carbonyl (C=O) groups is 1. The van der Waals surface area contributed by atoms with E-state index in [4.69, 9.17) is 9.15 Å². The summed E-state index contributed by atoms with van der Waals surface area (Å²) in [5.41, 5.74) is 3.03. The SMILES string of the molecule is O=C(NC1CNCC1c1n[nH]c(=O)s1)c1ccc(OCc2ccc3ncoc3c2)cc1. The van der Waals surface area contributed by atoms with Gasteiger partial charge in [0.05, 0.1) is 6.04 Å². The molecule has 1 aliphatic rings. The van der Waals surface area contributed by atoms with Gasteiger partial charge in [0.1, 0.15) is 22.9 Å². The minimum Gasteiger partial charge on any atom is -0.489 e. The zero-order chi connectivity index (χ0) is 21.2. The van der Waals surface area contributed by atoms with Gasteiger partial charge in [-0.25, -0.2) is 10.1 Å². The Labute approximate surface area is 180 Å². The van der Waals surface area contributed by atoms with Crippen molar-refractivity contribution in [2.45, 2.75) is 18.6 Å². The van der Waals surface area contributed by atoms with Gasteiger partial charge in [-0.2, -0.15) is 5.10 Å². The van der Waals surface area contributed by atoms with E-state index < -0.39 is 0 Å².